The summed E-state index contributed by atoms with van der Waals surface area (Å²) in [5, 5.41) is 2.83. The summed E-state index contributed by atoms with van der Waals surface area (Å²) >= 11 is 4.96. The molecule has 1 amide bonds. The first kappa shape index (κ1) is 14.0. The minimum absolute atomic E-state index is 0.285. The Balaban J connectivity index is 1.90. The Bertz CT molecular complexity index is 794. The van der Waals surface area contributed by atoms with Gasteiger partial charge < -0.3 is 9.73 Å². The lowest BCUT2D eigenvalue weighted by Gasteiger charge is -2.05. The number of rotatable bonds is 3. The van der Waals surface area contributed by atoms with Crippen molar-refractivity contribution in [3.05, 3.63) is 57.8 Å². The number of hydrogen-bond donors (Lipinski definition) is 1. The van der Waals surface area contributed by atoms with Crippen LogP contribution in [0.1, 0.15) is 15.4 Å². The van der Waals surface area contributed by atoms with Gasteiger partial charge in [-0.25, -0.2) is 4.98 Å². The van der Waals surface area contributed by atoms with Gasteiger partial charge in [-0.05, 0) is 47.1 Å². The first-order valence-corrected chi connectivity index (χ1v) is 7.82. The van der Waals surface area contributed by atoms with Gasteiger partial charge in [-0.3, -0.25) is 4.79 Å². The first-order valence-electron chi connectivity index (χ1n) is 6.21. The number of carbonyl (C=O) groups is 1. The van der Waals surface area contributed by atoms with Gasteiger partial charge in [-0.1, -0.05) is 12.1 Å². The van der Waals surface area contributed by atoms with E-state index in [1.165, 1.54) is 6.39 Å². The number of para-hydroxylation sites is 1. The Morgan fingerprint density at radius 1 is 1.29 bits per heavy atom. The monoisotopic (exact) mass is 362 g/mol. The summed E-state index contributed by atoms with van der Waals surface area (Å²) in [5.41, 5.74) is 0.978. The van der Waals surface area contributed by atoms with Crippen LogP contribution in [-0.4, -0.2) is 10.9 Å². The number of amides is 1. The Labute approximate surface area is 134 Å². The molecule has 0 fully saturated rings. The van der Waals surface area contributed by atoms with Crippen LogP contribution in [0.2, 0.25) is 0 Å². The van der Waals surface area contributed by atoms with Crippen LogP contribution < -0.4 is 5.32 Å². The molecule has 6 heteroatoms. The maximum atomic E-state index is 12.4. The zero-order valence-corrected chi connectivity index (χ0v) is 13.5. The van der Waals surface area contributed by atoms with E-state index < -0.39 is 0 Å². The third kappa shape index (κ3) is 2.91. The topological polar surface area (TPSA) is 55.1 Å². The molecule has 4 nitrogen and oxygen atoms in total. The van der Waals surface area contributed by atoms with Crippen molar-refractivity contribution >= 4 is 38.9 Å². The van der Waals surface area contributed by atoms with Crippen LogP contribution in [0.15, 0.2) is 51.7 Å². The zero-order valence-electron chi connectivity index (χ0n) is 11.1. The number of nitrogens with zero attached hydrogens (tertiary/aromatic N) is 1. The number of benzene rings is 1. The van der Waals surface area contributed by atoms with Gasteiger partial charge in [0.25, 0.3) is 5.91 Å². The van der Waals surface area contributed by atoms with E-state index in [1.54, 1.807) is 11.3 Å². The van der Waals surface area contributed by atoms with E-state index in [0.29, 0.717) is 11.4 Å². The van der Waals surface area contributed by atoms with Crippen LogP contribution in [0, 0.1) is 6.92 Å². The normalized spacial score (nSPS) is 10.6. The van der Waals surface area contributed by atoms with Crippen LogP contribution in [0.3, 0.4) is 0 Å². The highest BCUT2D eigenvalue weighted by Crippen LogP contribution is 2.31. The third-order valence-electron chi connectivity index (χ3n) is 2.87. The molecule has 0 atom stereocenters. The molecule has 0 aliphatic heterocycles. The lowest BCUT2D eigenvalue weighted by molar-refractivity contribution is 0.102. The Hall–Kier alpha value is -1.92. The SMILES string of the molecule is Cc1ccc(-c2ocnc2C(=O)Nc2ccccc2Br)s1. The molecular weight excluding hydrogens is 352 g/mol. The van der Waals surface area contributed by atoms with Crippen molar-refractivity contribution in [3.63, 3.8) is 0 Å². The number of thiophene rings is 1. The summed E-state index contributed by atoms with van der Waals surface area (Å²) < 4.78 is 6.20. The number of nitrogens with one attached hydrogen (secondary N) is 1. The molecule has 2 heterocycles. The number of carbonyl (C=O) groups excluding carboxylic acids is 1. The minimum atomic E-state index is -0.295. The van der Waals surface area contributed by atoms with Gasteiger partial charge in [0.15, 0.2) is 17.8 Å². The van der Waals surface area contributed by atoms with E-state index in [-0.39, 0.29) is 11.6 Å². The molecule has 0 saturated heterocycles. The second-order valence-electron chi connectivity index (χ2n) is 4.37. The minimum Gasteiger partial charge on any atom is -0.442 e. The lowest BCUT2D eigenvalue weighted by Crippen LogP contribution is -2.13. The molecule has 0 unspecified atom stereocenters. The van der Waals surface area contributed by atoms with Gasteiger partial charge in [0.2, 0.25) is 0 Å². The number of anilines is 1. The van der Waals surface area contributed by atoms with Gasteiger partial charge in [-0.2, -0.15) is 0 Å². The van der Waals surface area contributed by atoms with Crippen LogP contribution in [0.4, 0.5) is 5.69 Å². The number of aromatic nitrogens is 1. The van der Waals surface area contributed by atoms with Gasteiger partial charge in [0.05, 0.1) is 10.6 Å². The van der Waals surface area contributed by atoms with Crippen molar-refractivity contribution < 1.29 is 9.21 Å². The molecule has 0 saturated carbocycles. The second-order valence-corrected chi connectivity index (χ2v) is 6.52. The maximum Gasteiger partial charge on any atom is 0.278 e. The van der Waals surface area contributed by atoms with E-state index >= 15 is 0 Å². The Kier molecular flexibility index (Phi) is 3.90. The summed E-state index contributed by atoms with van der Waals surface area (Å²) in [7, 11) is 0. The largest absolute Gasteiger partial charge is 0.442 e. The van der Waals surface area contributed by atoms with Crippen molar-refractivity contribution in [1.82, 2.24) is 4.98 Å². The van der Waals surface area contributed by atoms with Crippen molar-refractivity contribution in [2.24, 2.45) is 0 Å². The van der Waals surface area contributed by atoms with Crippen molar-refractivity contribution in [1.29, 1.82) is 0 Å². The number of aryl methyl sites for hydroxylation is 1. The van der Waals surface area contributed by atoms with E-state index in [1.807, 2.05) is 43.3 Å². The smallest absolute Gasteiger partial charge is 0.278 e. The summed E-state index contributed by atoms with van der Waals surface area (Å²) in [5.74, 6) is 0.203. The highest BCUT2D eigenvalue weighted by molar-refractivity contribution is 9.10. The van der Waals surface area contributed by atoms with Crippen LogP contribution >= 0.6 is 27.3 Å². The van der Waals surface area contributed by atoms with Crippen molar-refractivity contribution in [2.45, 2.75) is 6.92 Å². The standard InChI is InChI=1S/C15H11BrN2O2S/c1-9-6-7-12(21-9)14-13(17-8-20-14)15(19)18-11-5-3-2-4-10(11)16/h2-8H,1H3,(H,18,19). The average molecular weight is 363 g/mol. The Morgan fingerprint density at radius 2 is 2.10 bits per heavy atom. The fourth-order valence-corrected chi connectivity index (χ4v) is 3.12. The number of hydrogen-bond acceptors (Lipinski definition) is 4. The molecule has 3 aromatic rings. The molecule has 3 rings (SSSR count). The van der Waals surface area contributed by atoms with Crippen LogP contribution in [0.5, 0.6) is 0 Å². The molecule has 0 radical (unpaired) electrons. The molecule has 21 heavy (non-hydrogen) atoms. The predicted molar refractivity (Wildman–Crippen MR) is 86.6 cm³/mol. The molecule has 106 valence electrons. The zero-order chi connectivity index (χ0) is 14.8. The second kappa shape index (κ2) is 5.83. The summed E-state index contributed by atoms with van der Waals surface area (Å²) in [6.45, 7) is 2.01. The first-order chi connectivity index (χ1) is 10.1. The summed E-state index contributed by atoms with van der Waals surface area (Å²) in [6.07, 6.45) is 1.29. The number of oxazole rings is 1. The highest BCUT2D eigenvalue weighted by Gasteiger charge is 2.20. The quantitative estimate of drug-likeness (QED) is 0.732. The lowest BCUT2D eigenvalue weighted by atomic mass is 10.2. The van der Waals surface area contributed by atoms with Crippen LogP contribution in [0.25, 0.3) is 10.6 Å². The van der Waals surface area contributed by atoms with Crippen molar-refractivity contribution in [2.75, 3.05) is 5.32 Å². The fraction of sp³-hybridized carbons (Fsp3) is 0.0667. The van der Waals surface area contributed by atoms with E-state index in [0.717, 1.165) is 14.2 Å². The maximum absolute atomic E-state index is 12.4. The molecule has 0 spiro atoms. The van der Waals surface area contributed by atoms with Gasteiger partial charge in [0.1, 0.15) is 0 Å². The molecule has 1 aromatic carbocycles. The molecule has 0 bridgehead atoms. The fourth-order valence-electron chi connectivity index (χ4n) is 1.88. The van der Waals surface area contributed by atoms with Crippen LogP contribution in [-0.2, 0) is 0 Å². The van der Waals surface area contributed by atoms with Crippen molar-refractivity contribution in [3.8, 4) is 10.6 Å². The summed E-state index contributed by atoms with van der Waals surface area (Å²) in [6, 6.07) is 11.3. The van der Waals surface area contributed by atoms with E-state index in [2.05, 4.69) is 26.2 Å². The highest BCUT2D eigenvalue weighted by atomic mass is 79.9. The Morgan fingerprint density at radius 3 is 2.81 bits per heavy atom. The molecule has 1 N–H and O–H groups in total. The van der Waals surface area contributed by atoms with E-state index in [9.17, 15) is 4.79 Å². The number of halogens is 1. The molecule has 0 aliphatic carbocycles. The molecular formula is C15H11BrN2O2S. The molecule has 2 aromatic heterocycles. The molecule has 0 aliphatic rings. The predicted octanol–water partition coefficient (Wildman–Crippen LogP) is 4.73. The van der Waals surface area contributed by atoms with E-state index in [4.69, 9.17) is 4.42 Å². The van der Waals surface area contributed by atoms with Gasteiger partial charge in [-0.15, -0.1) is 11.3 Å². The van der Waals surface area contributed by atoms with Gasteiger partial charge in [0, 0.05) is 9.35 Å². The summed E-state index contributed by atoms with van der Waals surface area (Å²) in [4.78, 5) is 18.5. The third-order valence-corrected chi connectivity index (χ3v) is 4.56. The van der Waals surface area contributed by atoms with Gasteiger partial charge >= 0.3 is 0 Å². The average Bonchev–Trinajstić information content (AvgIpc) is 3.09.